The first-order valence-corrected chi connectivity index (χ1v) is 10.1. The maximum absolute atomic E-state index is 12.2. The van der Waals surface area contributed by atoms with Crippen molar-refractivity contribution in [1.29, 1.82) is 0 Å². The molecule has 0 unspecified atom stereocenters. The zero-order chi connectivity index (χ0) is 23.6. The van der Waals surface area contributed by atoms with E-state index in [0.717, 1.165) is 5.56 Å². The van der Waals surface area contributed by atoms with Crippen LogP contribution in [0.25, 0.3) is 0 Å². The number of non-ortho nitro benzene ring substituents is 1. The fourth-order valence-electron chi connectivity index (χ4n) is 2.80. The van der Waals surface area contributed by atoms with E-state index in [1.54, 1.807) is 31.2 Å². The topological polar surface area (TPSA) is 123 Å². The van der Waals surface area contributed by atoms with E-state index in [1.165, 1.54) is 24.3 Å². The molecule has 0 aliphatic rings. The fraction of sp³-hybridized carbons (Fsp3) is 0.125. The lowest BCUT2D eigenvalue weighted by molar-refractivity contribution is -0.384. The van der Waals surface area contributed by atoms with Gasteiger partial charge in [0.1, 0.15) is 12.4 Å². The van der Waals surface area contributed by atoms with Crippen LogP contribution in [0.4, 0.5) is 11.4 Å². The number of nitro groups is 1. The maximum Gasteiger partial charge on any atom is 0.271 e. The van der Waals surface area contributed by atoms with Crippen LogP contribution in [0.5, 0.6) is 5.75 Å². The van der Waals surface area contributed by atoms with E-state index >= 15 is 0 Å². The molecular weight excluding hydrogens is 424 g/mol. The van der Waals surface area contributed by atoms with E-state index in [-0.39, 0.29) is 23.6 Å². The predicted octanol–water partition coefficient (Wildman–Crippen LogP) is 4.31. The molecule has 3 aromatic rings. The van der Waals surface area contributed by atoms with Crippen LogP contribution in [0, 0.1) is 10.1 Å². The number of hydrogen-bond acceptors (Lipinski definition) is 6. The number of nitro benzene ring substituents is 1. The molecule has 168 valence electrons. The second-order valence-corrected chi connectivity index (χ2v) is 7.12. The van der Waals surface area contributed by atoms with Crippen LogP contribution in [0.3, 0.4) is 0 Å². The molecule has 0 spiro atoms. The lowest BCUT2D eigenvalue weighted by Gasteiger charge is -2.09. The number of rotatable bonds is 9. The molecule has 0 heterocycles. The third-order valence-electron chi connectivity index (χ3n) is 4.49. The second-order valence-electron chi connectivity index (χ2n) is 7.12. The Morgan fingerprint density at radius 3 is 2.27 bits per heavy atom. The Hall–Kier alpha value is -4.53. The van der Waals surface area contributed by atoms with E-state index < -0.39 is 10.8 Å². The van der Waals surface area contributed by atoms with Gasteiger partial charge < -0.3 is 10.1 Å². The number of nitrogens with one attached hydrogen (secondary N) is 2. The van der Waals surface area contributed by atoms with Gasteiger partial charge in [-0.2, -0.15) is 5.10 Å². The van der Waals surface area contributed by atoms with Crippen LogP contribution >= 0.6 is 0 Å². The summed E-state index contributed by atoms with van der Waals surface area (Å²) in [6, 6.07) is 21.9. The molecule has 9 heteroatoms. The van der Waals surface area contributed by atoms with Crippen molar-refractivity contribution in [3.8, 4) is 5.75 Å². The summed E-state index contributed by atoms with van der Waals surface area (Å²) in [5.41, 5.74) is 4.50. The number of benzene rings is 3. The molecule has 0 aliphatic carbocycles. The van der Waals surface area contributed by atoms with Gasteiger partial charge in [0, 0.05) is 29.1 Å². The molecule has 2 N–H and O–H groups in total. The van der Waals surface area contributed by atoms with Crippen LogP contribution in [-0.2, 0) is 11.4 Å². The van der Waals surface area contributed by atoms with Crippen molar-refractivity contribution in [2.75, 3.05) is 5.32 Å². The average Bonchev–Trinajstić information content (AvgIpc) is 2.82. The highest BCUT2D eigenvalue weighted by atomic mass is 16.6. The summed E-state index contributed by atoms with van der Waals surface area (Å²) < 4.78 is 5.72. The highest BCUT2D eigenvalue weighted by Gasteiger charge is 2.10. The first kappa shape index (κ1) is 23.1. The van der Waals surface area contributed by atoms with Crippen LogP contribution in [0.2, 0.25) is 0 Å². The molecule has 0 aliphatic heterocycles. The van der Waals surface area contributed by atoms with Gasteiger partial charge in [-0.15, -0.1) is 0 Å². The van der Waals surface area contributed by atoms with Crippen molar-refractivity contribution in [1.82, 2.24) is 5.43 Å². The summed E-state index contributed by atoms with van der Waals surface area (Å²) in [7, 11) is 0. The van der Waals surface area contributed by atoms with Gasteiger partial charge in [-0.1, -0.05) is 30.3 Å². The smallest absolute Gasteiger partial charge is 0.271 e. The number of anilines is 1. The van der Waals surface area contributed by atoms with Crippen molar-refractivity contribution >= 4 is 28.9 Å². The van der Waals surface area contributed by atoms with Gasteiger partial charge in [0.25, 0.3) is 11.6 Å². The van der Waals surface area contributed by atoms with E-state index in [2.05, 4.69) is 15.8 Å². The van der Waals surface area contributed by atoms with Crippen molar-refractivity contribution in [2.24, 2.45) is 5.10 Å². The van der Waals surface area contributed by atoms with Crippen molar-refractivity contribution in [2.45, 2.75) is 20.0 Å². The summed E-state index contributed by atoms with van der Waals surface area (Å²) in [5.74, 6) is -0.141. The number of carbonyl (C=O) groups is 2. The average molecular weight is 446 g/mol. The Labute approximate surface area is 190 Å². The van der Waals surface area contributed by atoms with Gasteiger partial charge in [0.15, 0.2) is 0 Å². The molecule has 0 fully saturated rings. The van der Waals surface area contributed by atoms with Crippen LogP contribution in [-0.4, -0.2) is 22.4 Å². The number of nitrogens with zero attached hydrogens (tertiary/aromatic N) is 2. The number of hydrogen-bond donors (Lipinski definition) is 2. The number of amides is 2. The van der Waals surface area contributed by atoms with Crippen LogP contribution < -0.4 is 15.5 Å². The molecule has 2 amide bonds. The van der Waals surface area contributed by atoms with Crippen molar-refractivity contribution < 1.29 is 19.2 Å². The molecule has 0 atom stereocenters. The standard InChI is InChI=1S/C24H22N4O5/c1-17(26-27-24(30)19-7-11-21(12-8-19)28(31)32)15-23(29)25-20-9-13-22(14-10-20)33-16-18-5-3-2-4-6-18/h2-14H,15-16H2,1H3,(H,25,29)(H,27,30). The Morgan fingerprint density at radius 1 is 0.970 bits per heavy atom. The third kappa shape index (κ3) is 7.28. The van der Waals surface area contributed by atoms with Crippen molar-refractivity contribution in [3.05, 3.63) is 100 Å². The Balaban J connectivity index is 1.45. The molecular formula is C24H22N4O5. The molecule has 33 heavy (non-hydrogen) atoms. The first-order chi connectivity index (χ1) is 15.9. The van der Waals surface area contributed by atoms with Gasteiger partial charge in [-0.3, -0.25) is 19.7 Å². The molecule has 0 saturated carbocycles. The maximum atomic E-state index is 12.2. The van der Waals surface area contributed by atoms with Gasteiger partial charge in [-0.05, 0) is 48.9 Å². The van der Waals surface area contributed by atoms with E-state index in [0.29, 0.717) is 23.8 Å². The highest BCUT2D eigenvalue weighted by molar-refractivity contribution is 6.06. The summed E-state index contributed by atoms with van der Waals surface area (Å²) in [5, 5.41) is 17.3. The van der Waals surface area contributed by atoms with Crippen molar-refractivity contribution in [3.63, 3.8) is 0 Å². The van der Waals surface area contributed by atoms with Gasteiger partial charge in [-0.25, -0.2) is 5.43 Å². The molecule has 0 radical (unpaired) electrons. The summed E-state index contributed by atoms with van der Waals surface area (Å²) in [4.78, 5) is 34.4. The quantitative estimate of drug-likeness (QED) is 0.288. The Kier molecular flexibility index (Phi) is 7.85. The first-order valence-electron chi connectivity index (χ1n) is 10.1. The van der Waals surface area contributed by atoms with Crippen LogP contribution in [0.15, 0.2) is 84.0 Å². The van der Waals surface area contributed by atoms with E-state index in [1.807, 2.05) is 30.3 Å². The largest absolute Gasteiger partial charge is 0.489 e. The summed E-state index contributed by atoms with van der Waals surface area (Å²) in [6.07, 6.45) is -0.0210. The molecule has 0 bridgehead atoms. The predicted molar refractivity (Wildman–Crippen MR) is 124 cm³/mol. The highest BCUT2D eigenvalue weighted by Crippen LogP contribution is 2.17. The minimum atomic E-state index is -0.548. The van der Waals surface area contributed by atoms with Gasteiger partial charge in [0.2, 0.25) is 5.91 Å². The van der Waals surface area contributed by atoms with Gasteiger partial charge >= 0.3 is 0 Å². The lowest BCUT2D eigenvalue weighted by Crippen LogP contribution is -2.21. The lowest BCUT2D eigenvalue weighted by atomic mass is 10.2. The van der Waals surface area contributed by atoms with E-state index in [4.69, 9.17) is 4.74 Å². The second kappa shape index (κ2) is 11.2. The third-order valence-corrected chi connectivity index (χ3v) is 4.49. The number of ether oxygens (including phenoxy) is 1. The molecule has 3 aromatic carbocycles. The SMILES string of the molecule is CC(CC(=O)Nc1ccc(OCc2ccccc2)cc1)=NNC(=O)c1ccc([N+](=O)[O-])cc1. The molecule has 0 saturated heterocycles. The monoisotopic (exact) mass is 446 g/mol. The minimum absolute atomic E-state index is 0.0210. The van der Waals surface area contributed by atoms with E-state index in [9.17, 15) is 19.7 Å². The normalized spacial score (nSPS) is 10.9. The number of hydrazone groups is 1. The molecule has 0 aromatic heterocycles. The number of carbonyl (C=O) groups excluding carboxylic acids is 2. The zero-order valence-corrected chi connectivity index (χ0v) is 17.9. The summed E-state index contributed by atoms with van der Waals surface area (Å²) >= 11 is 0. The Morgan fingerprint density at radius 2 is 1.64 bits per heavy atom. The minimum Gasteiger partial charge on any atom is -0.489 e. The van der Waals surface area contributed by atoms with Gasteiger partial charge in [0.05, 0.1) is 11.3 Å². The Bertz CT molecular complexity index is 1140. The zero-order valence-electron chi connectivity index (χ0n) is 17.9. The van der Waals surface area contributed by atoms with Crippen LogP contribution in [0.1, 0.15) is 29.3 Å². The fourth-order valence-corrected chi connectivity index (χ4v) is 2.80. The summed E-state index contributed by atoms with van der Waals surface area (Å²) in [6.45, 7) is 2.06. The molecule has 9 nitrogen and oxygen atoms in total. The molecule has 3 rings (SSSR count).